The van der Waals surface area contributed by atoms with Gasteiger partial charge in [0.1, 0.15) is 12.1 Å². The van der Waals surface area contributed by atoms with Crippen LogP contribution in [0.1, 0.15) is 58.8 Å². The first kappa shape index (κ1) is 46.6. The third kappa shape index (κ3) is 12.8. The molecule has 334 valence electrons. The van der Waals surface area contributed by atoms with Crippen molar-refractivity contribution >= 4 is 41.2 Å². The van der Waals surface area contributed by atoms with E-state index in [0.29, 0.717) is 42.5 Å². The number of piperidine rings is 1. The maximum absolute atomic E-state index is 14.9. The molecule has 14 nitrogen and oxygen atoms in total. The third-order valence-electron chi connectivity index (χ3n) is 11.7. The first-order valence-corrected chi connectivity index (χ1v) is 21.6. The molecule has 2 aliphatic heterocycles. The Hall–Kier alpha value is -6.93. The molecule has 6 amide bonds. The van der Waals surface area contributed by atoms with Crippen LogP contribution in [0, 0.1) is 5.41 Å². The Kier molecular flexibility index (Phi) is 16.3. The molecule has 5 N–H and O–H groups in total. The first-order valence-electron chi connectivity index (χ1n) is 21.6. The number of carbonyl (C=O) groups excluding carboxylic acids is 7. The van der Waals surface area contributed by atoms with Gasteiger partial charge in [-0.05, 0) is 66.0 Å². The molecule has 1 unspecified atom stereocenters. The summed E-state index contributed by atoms with van der Waals surface area (Å²) in [6, 6.07) is 29.6. The molecule has 4 aromatic rings. The van der Waals surface area contributed by atoms with E-state index in [2.05, 4.69) is 26.6 Å². The molecule has 0 radical (unpaired) electrons. The van der Waals surface area contributed by atoms with Gasteiger partial charge in [-0.3, -0.25) is 33.6 Å². The quantitative estimate of drug-likeness (QED) is 0.118. The lowest BCUT2D eigenvalue weighted by molar-refractivity contribution is -0.141. The minimum atomic E-state index is -1.12. The maximum atomic E-state index is 14.9. The number of hydrogen-bond donors (Lipinski definition) is 5. The van der Waals surface area contributed by atoms with Gasteiger partial charge in [-0.15, -0.1) is 0 Å². The predicted octanol–water partition coefficient (Wildman–Crippen LogP) is 3.62. The Morgan fingerprint density at radius 3 is 2.19 bits per heavy atom. The summed E-state index contributed by atoms with van der Waals surface area (Å²) in [6.07, 6.45) is 3.65. The van der Waals surface area contributed by atoms with E-state index >= 15 is 0 Å². The van der Waals surface area contributed by atoms with Crippen molar-refractivity contribution in [3.63, 3.8) is 0 Å². The molecule has 2 aliphatic rings. The summed E-state index contributed by atoms with van der Waals surface area (Å²) in [5.41, 5.74) is 4.29. The fourth-order valence-corrected chi connectivity index (χ4v) is 8.15. The van der Waals surface area contributed by atoms with Gasteiger partial charge in [0.05, 0.1) is 18.4 Å². The molecule has 3 atom stereocenters. The fraction of sp³-hybridized carbons (Fsp3) is 0.340. The Labute approximate surface area is 373 Å². The average molecular weight is 869 g/mol. The molecule has 4 aromatic carbocycles. The van der Waals surface area contributed by atoms with E-state index in [4.69, 9.17) is 4.74 Å². The number of ether oxygens (including phenoxy) is 1. The van der Waals surface area contributed by atoms with Crippen LogP contribution in [0.15, 0.2) is 115 Å². The number of ketones is 1. The van der Waals surface area contributed by atoms with Gasteiger partial charge in [-0.1, -0.05) is 103 Å². The summed E-state index contributed by atoms with van der Waals surface area (Å²) in [4.78, 5) is 96.0. The lowest BCUT2D eigenvalue weighted by atomic mass is 9.74. The first-order chi connectivity index (χ1) is 30.9. The van der Waals surface area contributed by atoms with E-state index in [1.165, 1.54) is 20.1 Å². The molecular formula is C50H56N6O8. The van der Waals surface area contributed by atoms with E-state index in [-0.39, 0.29) is 63.7 Å². The van der Waals surface area contributed by atoms with Crippen LogP contribution in [0.25, 0.3) is 11.1 Å². The molecular weight excluding hydrogens is 813 g/mol. The highest BCUT2D eigenvalue weighted by Crippen LogP contribution is 2.35. The molecule has 1 saturated heterocycles. The number of carbonyl (C=O) groups is 7. The van der Waals surface area contributed by atoms with Gasteiger partial charge in [-0.2, -0.15) is 0 Å². The van der Waals surface area contributed by atoms with E-state index < -0.39 is 47.0 Å². The van der Waals surface area contributed by atoms with Crippen molar-refractivity contribution in [3.8, 4) is 11.1 Å². The van der Waals surface area contributed by atoms with Gasteiger partial charge < -0.3 is 36.2 Å². The van der Waals surface area contributed by atoms with Gasteiger partial charge in [0.15, 0.2) is 5.78 Å². The van der Waals surface area contributed by atoms with Crippen molar-refractivity contribution in [3.05, 3.63) is 143 Å². The van der Waals surface area contributed by atoms with Crippen molar-refractivity contribution in [1.29, 1.82) is 0 Å². The smallest absolute Gasteiger partial charge is 0.246 e. The number of hydrogen-bond acceptors (Lipinski definition) is 8. The standard InChI is InChI=1S/C50H56N6O8/c1-34(57)37-17-19-39(20-18-37)38-15-13-35(14-16-38)29-43-48(62)53-32-41-12-7-6-11-40(41)30-45(59)54-42(47(61)52-26-28-64-2)23-25-51-44(58)21-22-46(60)56-27-8-24-50(33-56,49(63)55-43)31-36-9-4-3-5-10-36/h3-7,9-22,42-43H,8,23-33H2,1-2H3,(H,51,58)(H,52,61)(H,53,62)(H,54,59)(H,55,63)/b22-21+/t42-,43?,50-/m0/s1. The number of benzene rings is 4. The molecule has 0 spiro atoms. The maximum Gasteiger partial charge on any atom is 0.246 e. The molecule has 64 heavy (non-hydrogen) atoms. The van der Waals surface area contributed by atoms with Gasteiger partial charge in [0, 0.05) is 64.0 Å². The highest BCUT2D eigenvalue weighted by Gasteiger charge is 2.44. The van der Waals surface area contributed by atoms with E-state index in [0.717, 1.165) is 28.3 Å². The van der Waals surface area contributed by atoms with Crippen molar-refractivity contribution in [2.45, 2.75) is 64.1 Å². The van der Waals surface area contributed by atoms with Crippen molar-refractivity contribution in [1.82, 2.24) is 31.5 Å². The molecule has 14 heteroatoms. The topological polar surface area (TPSA) is 192 Å². The monoisotopic (exact) mass is 868 g/mol. The van der Waals surface area contributed by atoms with Crippen molar-refractivity contribution < 1.29 is 38.3 Å². The lowest BCUT2D eigenvalue weighted by Gasteiger charge is -2.42. The highest BCUT2D eigenvalue weighted by atomic mass is 16.5. The zero-order chi connectivity index (χ0) is 45.5. The van der Waals surface area contributed by atoms with Crippen molar-refractivity contribution in [2.24, 2.45) is 5.41 Å². The number of nitrogens with zero attached hydrogens (tertiary/aromatic N) is 1. The van der Waals surface area contributed by atoms with E-state index in [1.54, 1.807) is 41.3 Å². The second kappa shape index (κ2) is 22.4. The molecule has 2 bridgehead atoms. The highest BCUT2D eigenvalue weighted by molar-refractivity contribution is 5.98. The van der Waals surface area contributed by atoms with Gasteiger partial charge in [0.25, 0.3) is 0 Å². The minimum absolute atomic E-state index is 0.0218. The number of rotatable bonds is 10. The Balaban J connectivity index is 1.32. The van der Waals surface area contributed by atoms with Crippen LogP contribution in [-0.4, -0.2) is 98.1 Å². The van der Waals surface area contributed by atoms with Crippen LogP contribution in [0.3, 0.4) is 0 Å². The number of fused-ring (bicyclic) bond motifs is 3. The van der Waals surface area contributed by atoms with Crippen molar-refractivity contribution in [2.75, 3.05) is 39.9 Å². The van der Waals surface area contributed by atoms with Gasteiger partial charge in [-0.25, -0.2) is 0 Å². The summed E-state index contributed by atoms with van der Waals surface area (Å²) in [6.45, 7) is 2.48. The summed E-state index contributed by atoms with van der Waals surface area (Å²) < 4.78 is 5.05. The molecule has 0 aromatic heterocycles. The molecule has 0 aliphatic carbocycles. The Bertz CT molecular complexity index is 2330. The number of Topliss-reactive ketones (excluding diaryl/α,β-unsaturated/α-hetero) is 1. The summed E-state index contributed by atoms with van der Waals surface area (Å²) in [5.74, 6) is -2.75. The Morgan fingerprint density at radius 2 is 1.48 bits per heavy atom. The van der Waals surface area contributed by atoms with Crippen LogP contribution >= 0.6 is 0 Å². The largest absolute Gasteiger partial charge is 0.383 e. The fourth-order valence-electron chi connectivity index (χ4n) is 8.15. The minimum Gasteiger partial charge on any atom is -0.383 e. The third-order valence-corrected chi connectivity index (χ3v) is 11.7. The predicted molar refractivity (Wildman–Crippen MR) is 241 cm³/mol. The summed E-state index contributed by atoms with van der Waals surface area (Å²) in [5, 5.41) is 14.4. The van der Waals surface area contributed by atoms with Gasteiger partial charge in [0.2, 0.25) is 35.4 Å². The van der Waals surface area contributed by atoms with Crippen LogP contribution in [0.5, 0.6) is 0 Å². The van der Waals surface area contributed by atoms with E-state index in [9.17, 15) is 33.6 Å². The number of nitrogens with one attached hydrogen (secondary N) is 5. The summed E-state index contributed by atoms with van der Waals surface area (Å²) in [7, 11) is 1.51. The molecule has 6 rings (SSSR count). The zero-order valence-electron chi connectivity index (χ0n) is 36.3. The zero-order valence-corrected chi connectivity index (χ0v) is 36.3. The number of amides is 6. The lowest BCUT2D eigenvalue weighted by Crippen LogP contribution is -2.58. The normalized spacial score (nSPS) is 20.8. The SMILES string of the molecule is COCCNC(=O)[C@@H]1CCNC(=O)/C=C/C(=O)N2CCC[C@](Cc3ccccc3)(C2)C(=O)NC(Cc2ccc(-c3ccc(C(C)=O)cc3)cc2)C(=O)NCc2ccccc2CC(=O)N1. The van der Waals surface area contributed by atoms with Crippen LogP contribution < -0.4 is 26.6 Å². The Morgan fingerprint density at radius 1 is 0.797 bits per heavy atom. The number of methoxy groups -OCH3 is 1. The summed E-state index contributed by atoms with van der Waals surface area (Å²) >= 11 is 0. The van der Waals surface area contributed by atoms with Crippen LogP contribution in [0.4, 0.5) is 0 Å². The van der Waals surface area contributed by atoms with Crippen LogP contribution in [0.2, 0.25) is 0 Å². The molecule has 1 fully saturated rings. The van der Waals surface area contributed by atoms with E-state index in [1.807, 2.05) is 66.7 Å². The second-order valence-electron chi connectivity index (χ2n) is 16.3. The van der Waals surface area contributed by atoms with Gasteiger partial charge >= 0.3 is 0 Å². The van der Waals surface area contributed by atoms with Crippen LogP contribution in [-0.2, 0) is 59.3 Å². The second-order valence-corrected chi connectivity index (χ2v) is 16.3. The molecule has 0 saturated carbocycles. The average Bonchev–Trinajstić information content (AvgIpc) is 3.30. The molecule has 2 heterocycles.